The van der Waals surface area contributed by atoms with Crippen LogP contribution in [0.5, 0.6) is 0 Å². The maximum Gasteiger partial charge on any atom is 0.436 e. The molecule has 0 bridgehead atoms. The molecular weight excluding hydrogens is 319 g/mol. The van der Waals surface area contributed by atoms with Crippen LogP contribution in [0.4, 0.5) is 18.9 Å². The number of nitrogens with zero attached hydrogens (tertiary/aromatic N) is 3. The van der Waals surface area contributed by atoms with Gasteiger partial charge in [0.15, 0.2) is 5.69 Å². The second kappa shape index (κ2) is 5.64. The predicted molar refractivity (Wildman–Crippen MR) is 74.9 cm³/mol. The standard InChI is InChI=1S/C13H14F3N3O2S/c1-3-19-9-11(12(17-19)13(14,15)16)22(20,21)18(2)10-7-5-4-6-8-10/h4-9H,3H2,1-2H3. The van der Waals surface area contributed by atoms with Gasteiger partial charge < -0.3 is 0 Å². The molecule has 0 atom stereocenters. The monoisotopic (exact) mass is 333 g/mol. The number of rotatable bonds is 4. The van der Waals surface area contributed by atoms with E-state index in [4.69, 9.17) is 0 Å². The topological polar surface area (TPSA) is 55.2 Å². The van der Waals surface area contributed by atoms with Gasteiger partial charge in [-0.15, -0.1) is 0 Å². The Hall–Kier alpha value is -2.03. The van der Waals surface area contributed by atoms with Crippen LogP contribution >= 0.6 is 0 Å². The number of benzene rings is 1. The number of para-hydroxylation sites is 1. The molecule has 0 saturated heterocycles. The number of hydrogen-bond donors (Lipinski definition) is 0. The Morgan fingerprint density at radius 2 is 1.82 bits per heavy atom. The van der Waals surface area contributed by atoms with E-state index in [0.29, 0.717) is 0 Å². The van der Waals surface area contributed by atoms with Crippen molar-refractivity contribution in [3.05, 3.63) is 42.2 Å². The van der Waals surface area contributed by atoms with E-state index < -0.39 is 26.8 Å². The van der Waals surface area contributed by atoms with Crippen LogP contribution in [0.2, 0.25) is 0 Å². The van der Waals surface area contributed by atoms with Crippen LogP contribution in [-0.4, -0.2) is 25.2 Å². The Kier molecular flexibility index (Phi) is 4.19. The minimum absolute atomic E-state index is 0.133. The molecule has 0 amide bonds. The predicted octanol–water partition coefficient (Wildman–Crippen LogP) is 2.75. The van der Waals surface area contributed by atoms with Crippen LogP contribution in [0.15, 0.2) is 41.4 Å². The first-order valence-corrected chi connectivity index (χ1v) is 7.80. The molecule has 1 aromatic heterocycles. The second-order valence-electron chi connectivity index (χ2n) is 4.50. The lowest BCUT2D eigenvalue weighted by molar-refractivity contribution is -0.143. The highest BCUT2D eigenvalue weighted by Gasteiger charge is 2.42. The number of halogens is 3. The van der Waals surface area contributed by atoms with Gasteiger partial charge in [0, 0.05) is 19.8 Å². The van der Waals surface area contributed by atoms with Gasteiger partial charge in [0.05, 0.1) is 5.69 Å². The number of aryl methyl sites for hydroxylation is 1. The Balaban J connectivity index is 2.57. The minimum Gasteiger partial charge on any atom is -0.271 e. The molecule has 5 nitrogen and oxygen atoms in total. The van der Waals surface area contributed by atoms with Crippen molar-refractivity contribution in [2.45, 2.75) is 24.5 Å². The highest BCUT2D eigenvalue weighted by Crippen LogP contribution is 2.34. The molecule has 0 aliphatic rings. The zero-order valence-electron chi connectivity index (χ0n) is 11.9. The van der Waals surface area contributed by atoms with Gasteiger partial charge in [-0.05, 0) is 19.1 Å². The zero-order chi connectivity index (χ0) is 16.5. The van der Waals surface area contributed by atoms with Gasteiger partial charge >= 0.3 is 6.18 Å². The third-order valence-electron chi connectivity index (χ3n) is 3.08. The summed E-state index contributed by atoms with van der Waals surface area (Å²) in [7, 11) is -3.16. The van der Waals surface area contributed by atoms with Crippen LogP contribution in [-0.2, 0) is 22.7 Å². The van der Waals surface area contributed by atoms with Crippen molar-refractivity contribution in [1.82, 2.24) is 9.78 Å². The number of anilines is 1. The van der Waals surface area contributed by atoms with Crippen molar-refractivity contribution in [2.75, 3.05) is 11.4 Å². The van der Waals surface area contributed by atoms with E-state index >= 15 is 0 Å². The number of alkyl halides is 3. The normalized spacial score (nSPS) is 12.4. The molecule has 0 aliphatic heterocycles. The molecular formula is C13H14F3N3O2S. The highest BCUT2D eigenvalue weighted by atomic mass is 32.2. The summed E-state index contributed by atoms with van der Waals surface area (Å²) in [5.74, 6) is 0. The van der Waals surface area contributed by atoms with E-state index in [2.05, 4.69) is 5.10 Å². The largest absolute Gasteiger partial charge is 0.436 e. The van der Waals surface area contributed by atoms with Gasteiger partial charge in [0.25, 0.3) is 10.0 Å². The van der Waals surface area contributed by atoms with Crippen LogP contribution in [0, 0.1) is 0 Å². The van der Waals surface area contributed by atoms with E-state index in [1.165, 1.54) is 19.2 Å². The maximum absolute atomic E-state index is 13.0. The summed E-state index contributed by atoms with van der Waals surface area (Å²) in [6, 6.07) is 7.87. The molecule has 0 unspecified atom stereocenters. The lowest BCUT2D eigenvalue weighted by atomic mass is 10.3. The number of sulfonamides is 1. The van der Waals surface area contributed by atoms with Crippen molar-refractivity contribution >= 4 is 15.7 Å². The second-order valence-corrected chi connectivity index (χ2v) is 6.44. The van der Waals surface area contributed by atoms with Crippen molar-refractivity contribution in [1.29, 1.82) is 0 Å². The van der Waals surface area contributed by atoms with E-state index in [0.717, 1.165) is 15.2 Å². The Bertz CT molecular complexity index is 755. The molecule has 0 fully saturated rings. The van der Waals surface area contributed by atoms with Gasteiger partial charge in [-0.3, -0.25) is 8.99 Å². The van der Waals surface area contributed by atoms with E-state index in [1.807, 2.05) is 0 Å². The van der Waals surface area contributed by atoms with Crippen molar-refractivity contribution < 1.29 is 21.6 Å². The van der Waals surface area contributed by atoms with E-state index in [1.54, 1.807) is 25.1 Å². The first-order chi connectivity index (χ1) is 10.2. The molecule has 9 heteroatoms. The van der Waals surface area contributed by atoms with Crippen LogP contribution in [0.25, 0.3) is 0 Å². The fraction of sp³-hybridized carbons (Fsp3) is 0.308. The van der Waals surface area contributed by atoms with Crippen molar-refractivity contribution in [3.63, 3.8) is 0 Å². The first-order valence-electron chi connectivity index (χ1n) is 6.36. The molecule has 2 rings (SSSR count). The SMILES string of the molecule is CCn1cc(S(=O)(=O)N(C)c2ccccc2)c(C(F)(F)F)n1. The highest BCUT2D eigenvalue weighted by molar-refractivity contribution is 7.92. The molecule has 22 heavy (non-hydrogen) atoms. The Labute approximate surface area is 126 Å². The lowest BCUT2D eigenvalue weighted by Gasteiger charge is -2.19. The first kappa shape index (κ1) is 16.3. The molecule has 1 aromatic carbocycles. The number of hydrogen-bond acceptors (Lipinski definition) is 3. The smallest absolute Gasteiger partial charge is 0.271 e. The lowest BCUT2D eigenvalue weighted by Crippen LogP contribution is -2.28. The fourth-order valence-corrected chi connectivity index (χ4v) is 3.22. The summed E-state index contributed by atoms with van der Waals surface area (Å²) in [5.41, 5.74) is -1.14. The molecule has 0 saturated carbocycles. The quantitative estimate of drug-likeness (QED) is 0.864. The maximum atomic E-state index is 13.0. The third-order valence-corrected chi connectivity index (χ3v) is 4.87. The Morgan fingerprint density at radius 1 is 1.23 bits per heavy atom. The Morgan fingerprint density at radius 3 is 2.32 bits per heavy atom. The van der Waals surface area contributed by atoms with Gasteiger partial charge in [-0.2, -0.15) is 18.3 Å². The summed E-state index contributed by atoms with van der Waals surface area (Å²) < 4.78 is 65.9. The number of aromatic nitrogens is 2. The average Bonchev–Trinajstić information content (AvgIpc) is 2.92. The summed E-state index contributed by atoms with van der Waals surface area (Å²) in [6.07, 6.45) is -3.95. The summed E-state index contributed by atoms with van der Waals surface area (Å²) in [5, 5.41) is 3.33. The minimum atomic E-state index is -4.85. The molecule has 0 aliphatic carbocycles. The molecule has 120 valence electrons. The molecule has 0 radical (unpaired) electrons. The van der Waals surface area contributed by atoms with E-state index in [-0.39, 0.29) is 12.2 Å². The molecule has 0 N–H and O–H groups in total. The molecule has 0 spiro atoms. The summed E-state index contributed by atoms with van der Waals surface area (Å²) in [6.45, 7) is 1.71. The van der Waals surface area contributed by atoms with Crippen molar-refractivity contribution in [2.24, 2.45) is 0 Å². The van der Waals surface area contributed by atoms with Crippen LogP contribution in [0.1, 0.15) is 12.6 Å². The fourth-order valence-electron chi connectivity index (χ4n) is 1.87. The average molecular weight is 333 g/mol. The third kappa shape index (κ3) is 2.94. The summed E-state index contributed by atoms with van der Waals surface area (Å²) in [4.78, 5) is -0.854. The van der Waals surface area contributed by atoms with E-state index in [9.17, 15) is 21.6 Å². The van der Waals surface area contributed by atoms with Gasteiger partial charge in [0.1, 0.15) is 4.90 Å². The van der Waals surface area contributed by atoms with Crippen molar-refractivity contribution in [3.8, 4) is 0 Å². The summed E-state index contributed by atoms with van der Waals surface area (Å²) >= 11 is 0. The van der Waals surface area contributed by atoms with Crippen LogP contribution in [0.3, 0.4) is 0 Å². The van der Waals surface area contributed by atoms with Gasteiger partial charge in [0.2, 0.25) is 0 Å². The van der Waals surface area contributed by atoms with Crippen LogP contribution < -0.4 is 4.31 Å². The molecule has 2 aromatic rings. The van der Waals surface area contributed by atoms with Gasteiger partial charge in [-0.1, -0.05) is 18.2 Å². The zero-order valence-corrected chi connectivity index (χ0v) is 12.7. The van der Waals surface area contributed by atoms with Gasteiger partial charge in [-0.25, -0.2) is 8.42 Å². The molecule has 1 heterocycles.